The fraction of sp³-hybridized carbons (Fsp3) is 0.750. The van der Waals surface area contributed by atoms with Gasteiger partial charge in [-0.2, -0.15) is 0 Å². The summed E-state index contributed by atoms with van der Waals surface area (Å²) < 4.78 is 5.18. The Hall–Kier alpha value is -1.36. The van der Waals surface area contributed by atoms with E-state index in [0.29, 0.717) is 11.8 Å². The standard InChI is InChI=1S/C16H30N4O/c1-7-8-17-15-13(5)16(18-9-12(4)10-21-6)20-14(19-15)11(2)3/h11-12H,7-10H2,1-6H3,(H2,17,18,19,20). The van der Waals surface area contributed by atoms with E-state index in [1.54, 1.807) is 7.11 Å². The Kier molecular flexibility index (Phi) is 7.43. The zero-order valence-electron chi connectivity index (χ0n) is 14.3. The van der Waals surface area contributed by atoms with E-state index in [4.69, 9.17) is 4.74 Å². The zero-order chi connectivity index (χ0) is 15.8. The van der Waals surface area contributed by atoms with Gasteiger partial charge >= 0.3 is 0 Å². The maximum absolute atomic E-state index is 5.18. The molecule has 1 aromatic heterocycles. The molecule has 0 fully saturated rings. The van der Waals surface area contributed by atoms with E-state index in [1.807, 2.05) is 0 Å². The quantitative estimate of drug-likeness (QED) is 0.731. The van der Waals surface area contributed by atoms with Crippen molar-refractivity contribution in [1.29, 1.82) is 0 Å². The highest BCUT2D eigenvalue weighted by atomic mass is 16.5. The van der Waals surface area contributed by atoms with Crippen molar-refractivity contribution < 1.29 is 4.74 Å². The van der Waals surface area contributed by atoms with E-state index < -0.39 is 0 Å². The Morgan fingerprint density at radius 2 is 1.71 bits per heavy atom. The van der Waals surface area contributed by atoms with Crippen LogP contribution in [0.3, 0.4) is 0 Å². The van der Waals surface area contributed by atoms with Crippen LogP contribution in [0.1, 0.15) is 51.4 Å². The average molecular weight is 294 g/mol. The second-order valence-corrected chi connectivity index (χ2v) is 5.93. The van der Waals surface area contributed by atoms with Crippen molar-refractivity contribution in [2.75, 3.05) is 37.4 Å². The zero-order valence-corrected chi connectivity index (χ0v) is 14.3. The number of anilines is 2. The van der Waals surface area contributed by atoms with Crippen LogP contribution in [0.5, 0.6) is 0 Å². The van der Waals surface area contributed by atoms with Gasteiger partial charge in [0.25, 0.3) is 0 Å². The molecule has 0 bridgehead atoms. The van der Waals surface area contributed by atoms with Gasteiger partial charge in [0.2, 0.25) is 0 Å². The summed E-state index contributed by atoms with van der Waals surface area (Å²) in [6, 6.07) is 0. The number of rotatable bonds is 9. The predicted molar refractivity (Wildman–Crippen MR) is 89.2 cm³/mol. The lowest BCUT2D eigenvalue weighted by Crippen LogP contribution is -2.19. The molecule has 0 saturated carbocycles. The first-order valence-electron chi connectivity index (χ1n) is 7.84. The Balaban J connectivity index is 2.91. The minimum atomic E-state index is 0.310. The van der Waals surface area contributed by atoms with E-state index in [-0.39, 0.29) is 0 Å². The molecule has 0 aliphatic heterocycles. The summed E-state index contributed by atoms with van der Waals surface area (Å²) in [4.78, 5) is 9.32. The van der Waals surface area contributed by atoms with Crippen LogP contribution < -0.4 is 10.6 Å². The summed E-state index contributed by atoms with van der Waals surface area (Å²) in [5.74, 6) is 3.50. The van der Waals surface area contributed by atoms with E-state index >= 15 is 0 Å². The van der Waals surface area contributed by atoms with Crippen LogP contribution in [-0.4, -0.2) is 36.8 Å². The Morgan fingerprint density at radius 1 is 1.10 bits per heavy atom. The summed E-state index contributed by atoms with van der Waals surface area (Å²) in [5.41, 5.74) is 1.08. The molecular formula is C16H30N4O. The first-order valence-corrected chi connectivity index (χ1v) is 7.84. The fourth-order valence-corrected chi connectivity index (χ4v) is 1.99. The number of methoxy groups -OCH3 is 1. The molecule has 1 rings (SSSR count). The number of hydrogen-bond acceptors (Lipinski definition) is 5. The Bertz CT molecular complexity index is 435. The lowest BCUT2D eigenvalue weighted by molar-refractivity contribution is 0.164. The molecule has 5 nitrogen and oxygen atoms in total. The molecule has 0 radical (unpaired) electrons. The Labute approximate surface area is 128 Å². The topological polar surface area (TPSA) is 59.1 Å². The molecule has 1 heterocycles. The minimum absolute atomic E-state index is 0.310. The van der Waals surface area contributed by atoms with E-state index in [1.165, 1.54) is 0 Å². The smallest absolute Gasteiger partial charge is 0.135 e. The molecule has 21 heavy (non-hydrogen) atoms. The molecule has 0 spiro atoms. The Morgan fingerprint density at radius 3 is 2.24 bits per heavy atom. The first-order chi connectivity index (χ1) is 9.99. The summed E-state index contributed by atoms with van der Waals surface area (Å²) in [6.45, 7) is 13.1. The summed E-state index contributed by atoms with van der Waals surface area (Å²) in [5, 5.41) is 6.83. The molecule has 5 heteroatoms. The number of nitrogens with one attached hydrogen (secondary N) is 2. The van der Waals surface area contributed by atoms with Crippen molar-refractivity contribution in [3.05, 3.63) is 11.4 Å². The van der Waals surface area contributed by atoms with Crippen LogP contribution >= 0.6 is 0 Å². The molecule has 0 amide bonds. The van der Waals surface area contributed by atoms with Gasteiger partial charge in [-0.3, -0.25) is 0 Å². The highest BCUT2D eigenvalue weighted by Gasteiger charge is 2.13. The van der Waals surface area contributed by atoms with Crippen molar-refractivity contribution in [1.82, 2.24) is 9.97 Å². The van der Waals surface area contributed by atoms with E-state index in [9.17, 15) is 0 Å². The number of hydrogen-bond donors (Lipinski definition) is 2. The average Bonchev–Trinajstić information content (AvgIpc) is 2.45. The maximum atomic E-state index is 5.18. The maximum Gasteiger partial charge on any atom is 0.135 e. The van der Waals surface area contributed by atoms with Crippen LogP contribution in [0.25, 0.3) is 0 Å². The molecule has 0 aliphatic rings. The van der Waals surface area contributed by atoms with Gasteiger partial charge in [-0.15, -0.1) is 0 Å². The second kappa shape index (κ2) is 8.82. The van der Waals surface area contributed by atoms with Crippen molar-refractivity contribution in [3.8, 4) is 0 Å². The third-order valence-corrected chi connectivity index (χ3v) is 3.29. The third-order valence-electron chi connectivity index (χ3n) is 3.29. The lowest BCUT2D eigenvalue weighted by Gasteiger charge is -2.18. The highest BCUT2D eigenvalue weighted by molar-refractivity contribution is 5.57. The van der Waals surface area contributed by atoms with Crippen LogP contribution in [-0.2, 0) is 4.74 Å². The predicted octanol–water partition coefficient (Wildman–Crippen LogP) is 3.42. The molecule has 2 N–H and O–H groups in total. The second-order valence-electron chi connectivity index (χ2n) is 5.93. The van der Waals surface area contributed by atoms with Crippen molar-refractivity contribution in [2.24, 2.45) is 5.92 Å². The SMILES string of the molecule is CCCNc1nc(C(C)C)nc(NCC(C)COC)c1C. The van der Waals surface area contributed by atoms with Crippen molar-refractivity contribution in [3.63, 3.8) is 0 Å². The van der Waals surface area contributed by atoms with Crippen LogP contribution in [0.2, 0.25) is 0 Å². The number of ether oxygens (including phenoxy) is 1. The summed E-state index contributed by atoms with van der Waals surface area (Å²) in [7, 11) is 1.73. The van der Waals surface area contributed by atoms with Gasteiger partial charge in [0.15, 0.2) is 0 Å². The van der Waals surface area contributed by atoms with Gasteiger partial charge in [0.05, 0.1) is 6.61 Å². The van der Waals surface area contributed by atoms with Gasteiger partial charge in [0.1, 0.15) is 17.5 Å². The normalized spacial score (nSPS) is 12.5. The van der Waals surface area contributed by atoms with Gasteiger partial charge in [-0.25, -0.2) is 9.97 Å². The molecule has 0 aliphatic carbocycles. The van der Waals surface area contributed by atoms with E-state index in [0.717, 1.165) is 49.1 Å². The van der Waals surface area contributed by atoms with Gasteiger partial charge < -0.3 is 15.4 Å². The van der Waals surface area contributed by atoms with Gasteiger partial charge in [-0.1, -0.05) is 27.7 Å². The van der Waals surface area contributed by atoms with Gasteiger partial charge in [0, 0.05) is 31.7 Å². The molecular weight excluding hydrogens is 264 g/mol. The van der Waals surface area contributed by atoms with Crippen molar-refractivity contribution >= 4 is 11.6 Å². The van der Waals surface area contributed by atoms with Crippen LogP contribution in [0.4, 0.5) is 11.6 Å². The highest BCUT2D eigenvalue weighted by Crippen LogP contribution is 2.23. The molecule has 120 valence electrons. The van der Waals surface area contributed by atoms with E-state index in [2.05, 4.69) is 55.2 Å². The molecule has 1 atom stereocenters. The minimum Gasteiger partial charge on any atom is -0.384 e. The monoisotopic (exact) mass is 294 g/mol. The first kappa shape index (κ1) is 17.7. The molecule has 0 saturated heterocycles. The lowest BCUT2D eigenvalue weighted by atomic mass is 10.1. The fourth-order valence-electron chi connectivity index (χ4n) is 1.99. The largest absolute Gasteiger partial charge is 0.384 e. The number of nitrogens with zero attached hydrogens (tertiary/aromatic N) is 2. The third kappa shape index (κ3) is 5.50. The van der Waals surface area contributed by atoms with Crippen molar-refractivity contribution in [2.45, 2.75) is 47.0 Å². The van der Waals surface area contributed by atoms with Gasteiger partial charge in [-0.05, 0) is 19.3 Å². The van der Waals surface area contributed by atoms with Crippen LogP contribution in [0, 0.1) is 12.8 Å². The summed E-state index contributed by atoms with van der Waals surface area (Å²) in [6.07, 6.45) is 1.08. The molecule has 1 aromatic rings. The number of aromatic nitrogens is 2. The molecule has 1 unspecified atom stereocenters. The van der Waals surface area contributed by atoms with Crippen LogP contribution in [0.15, 0.2) is 0 Å². The summed E-state index contributed by atoms with van der Waals surface area (Å²) >= 11 is 0. The molecule has 0 aromatic carbocycles.